The van der Waals surface area contributed by atoms with Gasteiger partial charge in [-0.2, -0.15) is 0 Å². The lowest BCUT2D eigenvalue weighted by Gasteiger charge is -2.38. The third-order valence-corrected chi connectivity index (χ3v) is 15.6. The van der Waals surface area contributed by atoms with Crippen LogP contribution in [-0.4, -0.2) is 119 Å². The van der Waals surface area contributed by atoms with E-state index in [1.54, 1.807) is 37.0 Å². The van der Waals surface area contributed by atoms with Crippen LogP contribution >= 0.6 is 0 Å². The van der Waals surface area contributed by atoms with Crippen LogP contribution in [0.1, 0.15) is 116 Å². The molecule has 5 aliphatic heterocycles. The van der Waals surface area contributed by atoms with E-state index in [-0.39, 0.29) is 91.7 Å². The number of ether oxygens (including phenoxy) is 2. The quantitative estimate of drug-likeness (QED) is 0.0740. The molecule has 6 atom stereocenters. The summed E-state index contributed by atoms with van der Waals surface area (Å²) in [7, 11) is 3.49. The number of esters is 1. The molecule has 1 spiro atoms. The van der Waals surface area contributed by atoms with Crippen molar-refractivity contribution >= 4 is 45.7 Å². The van der Waals surface area contributed by atoms with Crippen LogP contribution in [0, 0.1) is 36.5 Å². The molecule has 5 aliphatic rings. The largest absolute Gasteiger partial charge is 0.507 e. The number of phenolic OH excluding ortho intramolecular Hbond substituents is 2. The number of nitrogens with zero attached hydrogens (tertiary/aromatic N) is 5. The van der Waals surface area contributed by atoms with Gasteiger partial charge < -0.3 is 44.8 Å². The summed E-state index contributed by atoms with van der Waals surface area (Å²) in [6.45, 7) is 18.8. The molecule has 2 fully saturated rings. The molecule has 3 aromatic carbocycles. The van der Waals surface area contributed by atoms with Crippen molar-refractivity contribution in [3.05, 3.63) is 88.1 Å². The minimum absolute atomic E-state index is 0.00266. The van der Waals surface area contributed by atoms with Gasteiger partial charge in [0.05, 0.1) is 29.5 Å². The fraction of sp³-hybridized carbons (Fsp3) is 0.552. The number of hydrogen-bond donors (Lipinski definition) is 4. The molecule has 0 saturated carbocycles. The molecule has 2 amide bonds. The highest BCUT2D eigenvalue weighted by molar-refractivity contribution is 6.16. The summed E-state index contributed by atoms with van der Waals surface area (Å²) in [4.78, 5) is 73.0. The maximum absolute atomic E-state index is 14.8. The van der Waals surface area contributed by atoms with Crippen molar-refractivity contribution in [1.82, 2.24) is 9.80 Å². The molecule has 8 rings (SSSR count). The Morgan fingerprint density at radius 1 is 0.918 bits per heavy atom. The summed E-state index contributed by atoms with van der Waals surface area (Å²) in [6.07, 6.45) is 10.5. The first-order chi connectivity index (χ1) is 34.7. The standard InChI is InChI=1S/C58H78N6O9/c1-34(2)33-63-29-25-58(26-30-63)60-49-47-46-43(65)22-15-14-18-36(4)55(73-45(67)32-44(66)64-27-23-42(24-28-64)62(9)41-20-12-11-13-21-41)39(7)52(68)38(6)31-35(3)17-16-19-37(5)57(71)59-51(50(49)61-58)54(70)48(47)53(69)40(8)56(46)72-10/h11-17,19-21,34-36,38-39,42,52,55,68-70H,18,22-33H2,1-10H3,(H,59,71)/b15-14+,17-16+,37-19-/t35-,36+,38+,39+,52+,55+/m0/s1. The van der Waals surface area contributed by atoms with Gasteiger partial charge in [-0.05, 0) is 75.3 Å². The zero-order chi connectivity index (χ0) is 52.9. The third-order valence-electron chi connectivity index (χ3n) is 15.6. The van der Waals surface area contributed by atoms with Crippen LogP contribution in [0.15, 0.2) is 76.3 Å². The molecule has 394 valence electrons. The molecule has 0 radical (unpaired) electrons. The number of aromatic hydroxyl groups is 2. The molecule has 4 bridgehead atoms. The predicted octanol–water partition coefficient (Wildman–Crippen LogP) is 7.97. The van der Waals surface area contributed by atoms with Crippen LogP contribution in [0.3, 0.4) is 0 Å². The number of ketones is 1. The van der Waals surface area contributed by atoms with Crippen molar-refractivity contribution in [1.29, 1.82) is 0 Å². The second kappa shape index (κ2) is 23.4. The lowest BCUT2D eigenvalue weighted by molar-refractivity contribution is -0.161. The number of allylic oxidation sites excluding steroid dienone is 5. The Morgan fingerprint density at radius 3 is 2.25 bits per heavy atom. The van der Waals surface area contributed by atoms with Crippen molar-refractivity contribution in [2.24, 2.45) is 39.6 Å². The highest BCUT2D eigenvalue weighted by Gasteiger charge is 2.40. The van der Waals surface area contributed by atoms with Gasteiger partial charge in [0.2, 0.25) is 5.91 Å². The number of aliphatic hydroxyl groups excluding tert-OH is 1. The Hall–Kier alpha value is -6.06. The number of Topliss-reactive ketones (excluding diaryl/α,β-unsaturated/α-hetero) is 1. The van der Waals surface area contributed by atoms with E-state index < -0.39 is 47.8 Å². The number of nitrogens with one attached hydrogen (secondary N) is 1. The van der Waals surface area contributed by atoms with E-state index in [1.807, 2.05) is 58.0 Å². The number of phenols is 2. The lowest BCUT2D eigenvalue weighted by Crippen LogP contribution is -2.46. The van der Waals surface area contributed by atoms with Gasteiger partial charge in [-0.3, -0.25) is 29.2 Å². The number of rotatable bonds is 8. The number of anilines is 2. The molecule has 3 aromatic rings. The fourth-order valence-corrected chi connectivity index (χ4v) is 11.4. The van der Waals surface area contributed by atoms with E-state index >= 15 is 0 Å². The number of para-hydroxylation sites is 1. The normalized spacial score (nSPS) is 26.1. The van der Waals surface area contributed by atoms with Crippen LogP contribution < -0.4 is 25.7 Å². The SMILES string of the molecule is COc1c(C)c(O)c2c(O)c3c4c(c2c1C(=O)C/C=C/C[C@@H](C)[C@@H](OC(=O)CC(=O)N1CCC(N(C)c2ccccc2)CC1)[C@H](C)[C@H](O)[C@H](C)C[C@@H](C)/C=C/C=C(/C)C(=O)N3)=NC1(CCN(CC(C)C)CC1)N=4. The van der Waals surface area contributed by atoms with E-state index in [1.165, 1.54) is 7.11 Å². The van der Waals surface area contributed by atoms with Gasteiger partial charge in [0, 0.05) is 93.2 Å². The number of aliphatic hydroxyl groups is 1. The number of methoxy groups -OCH3 is 1. The number of piperidine rings is 2. The first-order valence-electron chi connectivity index (χ1n) is 26.3. The molecular weight excluding hydrogens is 925 g/mol. The van der Waals surface area contributed by atoms with Gasteiger partial charge in [-0.25, -0.2) is 0 Å². The Kier molecular flexibility index (Phi) is 17.6. The first kappa shape index (κ1) is 54.7. The summed E-state index contributed by atoms with van der Waals surface area (Å²) < 4.78 is 12.1. The van der Waals surface area contributed by atoms with Gasteiger partial charge in [0.25, 0.3) is 5.91 Å². The molecule has 0 unspecified atom stereocenters. The van der Waals surface area contributed by atoms with E-state index in [4.69, 9.17) is 19.5 Å². The van der Waals surface area contributed by atoms with Crippen molar-refractivity contribution in [3.63, 3.8) is 0 Å². The maximum Gasteiger partial charge on any atom is 0.315 e. The summed E-state index contributed by atoms with van der Waals surface area (Å²) in [5, 5.41) is 39.6. The lowest BCUT2D eigenvalue weighted by atomic mass is 9.80. The molecule has 0 aromatic heterocycles. The monoisotopic (exact) mass is 1000 g/mol. The minimum atomic E-state index is -0.929. The van der Waals surface area contributed by atoms with Crippen LogP contribution in [0.25, 0.3) is 10.8 Å². The van der Waals surface area contributed by atoms with Crippen LogP contribution in [0.2, 0.25) is 0 Å². The molecule has 73 heavy (non-hydrogen) atoms. The number of fused-ring (bicyclic) bond motifs is 14. The average molecular weight is 1000 g/mol. The van der Waals surface area contributed by atoms with Gasteiger partial charge >= 0.3 is 5.97 Å². The van der Waals surface area contributed by atoms with Crippen molar-refractivity contribution in [3.8, 4) is 17.2 Å². The second-order valence-electron chi connectivity index (χ2n) is 21.7. The fourth-order valence-electron chi connectivity index (χ4n) is 11.4. The predicted molar refractivity (Wildman–Crippen MR) is 285 cm³/mol. The highest BCUT2D eigenvalue weighted by Crippen LogP contribution is 2.45. The van der Waals surface area contributed by atoms with Gasteiger partial charge in [-0.1, -0.05) is 90.1 Å². The van der Waals surface area contributed by atoms with Crippen LogP contribution in [-0.2, 0) is 19.1 Å². The van der Waals surface area contributed by atoms with Crippen molar-refractivity contribution < 1.29 is 44.0 Å². The molecule has 5 heterocycles. The molecule has 15 heteroatoms. The van der Waals surface area contributed by atoms with Crippen molar-refractivity contribution in [2.75, 3.05) is 57.1 Å². The Bertz CT molecular complexity index is 2750. The molecular formula is C58H78N6O9. The summed E-state index contributed by atoms with van der Waals surface area (Å²) in [6, 6.07) is 10.4. The smallest absolute Gasteiger partial charge is 0.315 e. The number of carbonyl (C=O) groups excluding carboxylic acids is 4. The third kappa shape index (κ3) is 12.2. The minimum Gasteiger partial charge on any atom is -0.507 e. The maximum atomic E-state index is 14.8. The zero-order valence-electron chi connectivity index (χ0n) is 44.6. The number of hydrogen-bond acceptors (Lipinski definition) is 13. The number of benzene rings is 3. The Balaban J connectivity index is 1.20. The highest BCUT2D eigenvalue weighted by atomic mass is 16.5. The number of carbonyl (C=O) groups is 4. The summed E-state index contributed by atoms with van der Waals surface area (Å²) in [5.41, 5.74) is 0.856. The van der Waals surface area contributed by atoms with Crippen molar-refractivity contribution in [2.45, 2.75) is 131 Å². The summed E-state index contributed by atoms with van der Waals surface area (Å²) in [5.74, 6) is -3.09. The average Bonchev–Trinajstić information content (AvgIpc) is 3.74. The number of likely N-dealkylation sites (tertiary alicyclic amines) is 2. The van der Waals surface area contributed by atoms with E-state index in [2.05, 4.69) is 48.1 Å². The van der Waals surface area contributed by atoms with Gasteiger partial charge in [0.1, 0.15) is 35.1 Å². The van der Waals surface area contributed by atoms with Gasteiger partial charge in [0.15, 0.2) is 17.2 Å². The Labute approximate surface area is 430 Å². The molecule has 15 nitrogen and oxygen atoms in total. The summed E-state index contributed by atoms with van der Waals surface area (Å²) >= 11 is 0. The number of amides is 2. The zero-order valence-corrected chi connectivity index (χ0v) is 44.6. The van der Waals surface area contributed by atoms with E-state index in [9.17, 15) is 34.5 Å². The second-order valence-corrected chi connectivity index (χ2v) is 21.7. The topological polar surface area (TPSA) is 194 Å². The Morgan fingerprint density at radius 2 is 1.59 bits per heavy atom. The first-order valence-corrected chi connectivity index (χ1v) is 26.3. The molecule has 2 saturated heterocycles. The van der Waals surface area contributed by atoms with E-state index in [0.717, 1.165) is 38.2 Å². The van der Waals surface area contributed by atoms with Crippen LogP contribution in [0.5, 0.6) is 17.2 Å². The molecule has 4 N–H and O–H groups in total. The van der Waals surface area contributed by atoms with Crippen LogP contribution in [0.4, 0.5) is 11.4 Å². The van der Waals surface area contributed by atoms with Gasteiger partial charge in [-0.15, -0.1) is 0 Å². The van der Waals surface area contributed by atoms with E-state index in [0.29, 0.717) is 50.3 Å². The molecule has 0 aliphatic carbocycles.